The van der Waals surface area contributed by atoms with Gasteiger partial charge >= 0.3 is 0 Å². The lowest BCUT2D eigenvalue weighted by Gasteiger charge is -2.29. The molecule has 0 bridgehead atoms. The molecular weight excluding hydrogens is 200 g/mol. The Kier molecular flexibility index (Phi) is 3.99. The van der Waals surface area contributed by atoms with Crippen molar-refractivity contribution in [1.82, 2.24) is 10.6 Å². The van der Waals surface area contributed by atoms with E-state index in [0.29, 0.717) is 12.0 Å². The molecule has 0 aromatic heterocycles. The highest BCUT2D eigenvalue weighted by Crippen LogP contribution is 2.16. The first-order valence-electron chi connectivity index (χ1n) is 6.44. The fraction of sp³-hybridized carbons (Fsp3) is 0.769. The van der Waals surface area contributed by atoms with Crippen molar-refractivity contribution in [2.75, 3.05) is 6.54 Å². The van der Waals surface area contributed by atoms with E-state index in [9.17, 15) is 4.79 Å². The molecule has 3 nitrogen and oxygen atoms in total. The first-order valence-corrected chi connectivity index (χ1v) is 6.44. The molecule has 3 heteroatoms. The van der Waals surface area contributed by atoms with Gasteiger partial charge in [-0.05, 0) is 44.6 Å². The predicted molar refractivity (Wildman–Crippen MR) is 65.1 cm³/mol. The van der Waals surface area contributed by atoms with E-state index in [2.05, 4.69) is 29.7 Å². The number of piperidine rings is 1. The number of carbonyl (C=O) groups is 1. The molecule has 2 aliphatic rings. The molecule has 0 aromatic carbocycles. The Balaban J connectivity index is 1.80. The summed E-state index contributed by atoms with van der Waals surface area (Å²) in [5.41, 5.74) is 0. The zero-order valence-electron chi connectivity index (χ0n) is 10.0. The average molecular weight is 222 g/mol. The van der Waals surface area contributed by atoms with Gasteiger partial charge in [-0.25, -0.2) is 0 Å². The normalized spacial score (nSPS) is 34.7. The molecule has 16 heavy (non-hydrogen) atoms. The molecule has 1 aliphatic heterocycles. The van der Waals surface area contributed by atoms with Crippen molar-refractivity contribution >= 4 is 5.91 Å². The van der Waals surface area contributed by atoms with Crippen LogP contribution in [0.5, 0.6) is 0 Å². The third kappa shape index (κ3) is 3.08. The first kappa shape index (κ1) is 11.6. The van der Waals surface area contributed by atoms with Gasteiger partial charge in [-0.3, -0.25) is 4.79 Å². The molecule has 1 fully saturated rings. The second-order valence-electron chi connectivity index (χ2n) is 5.13. The largest absolute Gasteiger partial charge is 0.352 e. The minimum Gasteiger partial charge on any atom is -0.352 e. The molecule has 1 amide bonds. The summed E-state index contributed by atoms with van der Waals surface area (Å²) in [6.45, 7) is 3.20. The second-order valence-corrected chi connectivity index (χ2v) is 5.13. The average Bonchev–Trinajstić information content (AvgIpc) is 2.30. The number of hydrogen-bond acceptors (Lipinski definition) is 2. The molecule has 0 radical (unpaired) electrons. The molecule has 0 aromatic rings. The number of amides is 1. The van der Waals surface area contributed by atoms with Crippen LogP contribution in [0.15, 0.2) is 12.2 Å². The Hall–Kier alpha value is -0.830. The lowest BCUT2D eigenvalue weighted by atomic mass is 9.93. The van der Waals surface area contributed by atoms with Gasteiger partial charge in [0.25, 0.3) is 0 Å². The van der Waals surface area contributed by atoms with Crippen LogP contribution in [0.4, 0.5) is 0 Å². The summed E-state index contributed by atoms with van der Waals surface area (Å²) in [7, 11) is 0. The minimum absolute atomic E-state index is 0.0367. The molecule has 3 unspecified atom stereocenters. The molecule has 2 rings (SSSR count). The van der Waals surface area contributed by atoms with Crippen LogP contribution in [0.1, 0.15) is 39.0 Å². The van der Waals surface area contributed by atoms with Crippen molar-refractivity contribution in [1.29, 1.82) is 0 Å². The molecular formula is C13H22N2O. The topological polar surface area (TPSA) is 41.1 Å². The Morgan fingerprint density at radius 1 is 1.38 bits per heavy atom. The van der Waals surface area contributed by atoms with E-state index in [0.717, 1.165) is 32.2 Å². The van der Waals surface area contributed by atoms with E-state index < -0.39 is 0 Å². The molecule has 0 spiro atoms. The smallest absolute Gasteiger partial charge is 0.237 e. The summed E-state index contributed by atoms with van der Waals surface area (Å²) in [6.07, 6.45) is 9.72. The number of carbonyl (C=O) groups excluding carboxylic acids is 1. The number of allylic oxidation sites excluding steroid dienone is 1. The van der Waals surface area contributed by atoms with E-state index in [1.165, 1.54) is 6.42 Å². The van der Waals surface area contributed by atoms with Crippen LogP contribution in [0.2, 0.25) is 0 Å². The molecule has 1 aliphatic carbocycles. The van der Waals surface area contributed by atoms with Crippen LogP contribution in [0.25, 0.3) is 0 Å². The molecule has 90 valence electrons. The van der Waals surface area contributed by atoms with Crippen LogP contribution in [0, 0.1) is 5.92 Å². The fourth-order valence-corrected chi connectivity index (χ4v) is 2.53. The first-order chi connectivity index (χ1) is 7.75. The summed E-state index contributed by atoms with van der Waals surface area (Å²) in [5, 5.41) is 6.47. The molecule has 1 saturated heterocycles. The standard InChI is InChI=1S/C13H22N2O/c1-10-7-8-14-12(9-10)13(16)15-11-5-3-2-4-6-11/h2-3,10-12,14H,4-9H2,1H3,(H,15,16). The van der Waals surface area contributed by atoms with Gasteiger partial charge in [-0.2, -0.15) is 0 Å². The van der Waals surface area contributed by atoms with Crippen molar-refractivity contribution in [2.45, 2.75) is 51.1 Å². The van der Waals surface area contributed by atoms with E-state index in [1.807, 2.05) is 0 Å². The van der Waals surface area contributed by atoms with E-state index >= 15 is 0 Å². The van der Waals surface area contributed by atoms with Crippen molar-refractivity contribution in [3.63, 3.8) is 0 Å². The summed E-state index contributed by atoms with van der Waals surface area (Å²) < 4.78 is 0. The number of rotatable bonds is 2. The SMILES string of the molecule is CC1CCNC(C(=O)NC2CC=CCC2)C1. The molecule has 3 atom stereocenters. The van der Waals surface area contributed by atoms with E-state index in [4.69, 9.17) is 0 Å². The van der Waals surface area contributed by atoms with Gasteiger partial charge in [0.15, 0.2) is 0 Å². The van der Waals surface area contributed by atoms with Gasteiger partial charge in [0.1, 0.15) is 0 Å². The van der Waals surface area contributed by atoms with Crippen LogP contribution in [-0.4, -0.2) is 24.5 Å². The van der Waals surface area contributed by atoms with Gasteiger partial charge in [0.05, 0.1) is 6.04 Å². The summed E-state index contributed by atoms with van der Waals surface area (Å²) in [6, 6.07) is 0.395. The summed E-state index contributed by atoms with van der Waals surface area (Å²) >= 11 is 0. The third-order valence-electron chi connectivity index (χ3n) is 3.60. The highest BCUT2D eigenvalue weighted by molar-refractivity contribution is 5.82. The van der Waals surface area contributed by atoms with Gasteiger partial charge in [-0.15, -0.1) is 0 Å². The van der Waals surface area contributed by atoms with Crippen LogP contribution < -0.4 is 10.6 Å². The maximum atomic E-state index is 12.0. The molecule has 1 heterocycles. The zero-order chi connectivity index (χ0) is 11.4. The van der Waals surface area contributed by atoms with Gasteiger partial charge in [-0.1, -0.05) is 19.1 Å². The Labute approximate surface area is 97.7 Å². The Morgan fingerprint density at radius 3 is 2.94 bits per heavy atom. The lowest BCUT2D eigenvalue weighted by Crippen LogP contribution is -2.51. The lowest BCUT2D eigenvalue weighted by molar-refractivity contribution is -0.124. The third-order valence-corrected chi connectivity index (χ3v) is 3.60. The van der Waals surface area contributed by atoms with E-state index in [1.54, 1.807) is 0 Å². The monoisotopic (exact) mass is 222 g/mol. The summed E-state index contributed by atoms with van der Waals surface area (Å²) in [4.78, 5) is 12.0. The molecule has 0 saturated carbocycles. The quantitative estimate of drug-likeness (QED) is 0.697. The van der Waals surface area contributed by atoms with E-state index in [-0.39, 0.29) is 11.9 Å². The van der Waals surface area contributed by atoms with Crippen LogP contribution in [0.3, 0.4) is 0 Å². The van der Waals surface area contributed by atoms with Crippen molar-refractivity contribution in [2.24, 2.45) is 5.92 Å². The van der Waals surface area contributed by atoms with Crippen LogP contribution >= 0.6 is 0 Å². The van der Waals surface area contributed by atoms with Gasteiger partial charge in [0, 0.05) is 6.04 Å². The Morgan fingerprint density at radius 2 is 2.25 bits per heavy atom. The second kappa shape index (κ2) is 5.48. The molecule has 2 N–H and O–H groups in total. The Bertz CT molecular complexity index is 275. The van der Waals surface area contributed by atoms with Crippen molar-refractivity contribution in [3.8, 4) is 0 Å². The maximum Gasteiger partial charge on any atom is 0.237 e. The van der Waals surface area contributed by atoms with Crippen LogP contribution in [-0.2, 0) is 4.79 Å². The number of hydrogen-bond donors (Lipinski definition) is 2. The maximum absolute atomic E-state index is 12.0. The minimum atomic E-state index is 0.0367. The highest BCUT2D eigenvalue weighted by atomic mass is 16.2. The fourth-order valence-electron chi connectivity index (χ4n) is 2.53. The van der Waals surface area contributed by atoms with Crippen molar-refractivity contribution < 1.29 is 4.79 Å². The van der Waals surface area contributed by atoms with Gasteiger partial charge < -0.3 is 10.6 Å². The van der Waals surface area contributed by atoms with Crippen molar-refractivity contribution in [3.05, 3.63) is 12.2 Å². The zero-order valence-corrected chi connectivity index (χ0v) is 10.0. The predicted octanol–water partition coefficient (Wildman–Crippen LogP) is 1.60. The highest BCUT2D eigenvalue weighted by Gasteiger charge is 2.25. The number of nitrogens with one attached hydrogen (secondary N) is 2. The summed E-state index contributed by atoms with van der Waals surface area (Å²) in [5.74, 6) is 0.870. The van der Waals surface area contributed by atoms with Gasteiger partial charge in [0.2, 0.25) is 5.91 Å².